The first-order chi connectivity index (χ1) is 8.70. The molecule has 1 aromatic carbocycles. The summed E-state index contributed by atoms with van der Waals surface area (Å²) in [7, 11) is 1.30. The van der Waals surface area contributed by atoms with Crippen LogP contribution in [0.1, 0.15) is 0 Å². The molecule has 1 aromatic heterocycles. The molecule has 0 amide bonds. The number of carbonyl (C=O) groups excluding carboxylic acids is 1. The van der Waals surface area contributed by atoms with Gasteiger partial charge in [-0.25, -0.2) is 9.07 Å². The summed E-state index contributed by atoms with van der Waals surface area (Å²) in [4.78, 5) is 11.1. The molecule has 0 saturated heterocycles. The van der Waals surface area contributed by atoms with Gasteiger partial charge in [0.15, 0.2) is 0 Å². The molecule has 5 nitrogen and oxygen atoms in total. The fourth-order valence-electron chi connectivity index (χ4n) is 1.50. The molecule has 0 saturated carbocycles. The minimum atomic E-state index is -0.425. The van der Waals surface area contributed by atoms with Gasteiger partial charge >= 0.3 is 5.97 Å². The Morgan fingerprint density at radius 3 is 3.06 bits per heavy atom. The van der Waals surface area contributed by atoms with Gasteiger partial charge in [-0.3, -0.25) is 4.79 Å². The van der Waals surface area contributed by atoms with Crippen LogP contribution in [0.4, 0.5) is 10.1 Å². The third-order valence-electron chi connectivity index (χ3n) is 2.36. The van der Waals surface area contributed by atoms with Crippen LogP contribution in [0.5, 0.6) is 0 Å². The Morgan fingerprint density at radius 1 is 1.56 bits per heavy atom. The van der Waals surface area contributed by atoms with E-state index in [2.05, 4.69) is 15.2 Å². The fourth-order valence-corrected chi connectivity index (χ4v) is 1.50. The standard InChI is InChI=1S/C12H12FN3O2/c1-18-12(17)8-14-10-7-9(13)3-4-11(10)16-6-2-5-15-16/h2-7,14H,8H2,1H3. The highest BCUT2D eigenvalue weighted by Crippen LogP contribution is 2.20. The minimum absolute atomic E-state index is 0.0335. The van der Waals surface area contributed by atoms with E-state index in [4.69, 9.17) is 0 Å². The zero-order valence-electron chi connectivity index (χ0n) is 9.76. The van der Waals surface area contributed by atoms with Crippen LogP contribution in [-0.2, 0) is 9.53 Å². The summed E-state index contributed by atoms with van der Waals surface area (Å²) in [6.07, 6.45) is 3.35. The summed E-state index contributed by atoms with van der Waals surface area (Å²) in [5.74, 6) is -0.816. The average Bonchev–Trinajstić information content (AvgIpc) is 2.89. The molecule has 0 unspecified atom stereocenters. The third kappa shape index (κ3) is 2.65. The van der Waals surface area contributed by atoms with E-state index in [1.54, 1.807) is 29.2 Å². The largest absolute Gasteiger partial charge is 0.468 e. The number of benzene rings is 1. The number of ether oxygens (including phenoxy) is 1. The normalized spacial score (nSPS) is 10.1. The molecular formula is C12H12FN3O2. The van der Waals surface area contributed by atoms with Crippen LogP contribution in [0.3, 0.4) is 0 Å². The van der Waals surface area contributed by atoms with Gasteiger partial charge in [0.2, 0.25) is 0 Å². The second-order valence-corrected chi connectivity index (χ2v) is 3.54. The molecule has 0 spiro atoms. The van der Waals surface area contributed by atoms with Gasteiger partial charge in [-0.1, -0.05) is 0 Å². The van der Waals surface area contributed by atoms with Gasteiger partial charge in [-0.15, -0.1) is 0 Å². The Morgan fingerprint density at radius 2 is 2.39 bits per heavy atom. The molecule has 6 heteroatoms. The number of hydrogen-bond donors (Lipinski definition) is 1. The van der Waals surface area contributed by atoms with E-state index in [0.29, 0.717) is 11.4 Å². The lowest BCUT2D eigenvalue weighted by molar-refractivity contribution is -0.138. The predicted octanol–water partition coefficient (Wildman–Crippen LogP) is 1.60. The van der Waals surface area contributed by atoms with Crippen molar-refractivity contribution in [2.45, 2.75) is 0 Å². The second-order valence-electron chi connectivity index (χ2n) is 3.54. The van der Waals surface area contributed by atoms with Gasteiger partial charge in [0.1, 0.15) is 12.4 Å². The lowest BCUT2D eigenvalue weighted by Gasteiger charge is -2.11. The summed E-state index contributed by atoms with van der Waals surface area (Å²) >= 11 is 0. The highest BCUT2D eigenvalue weighted by Gasteiger charge is 2.08. The van der Waals surface area contributed by atoms with Crippen LogP contribution in [-0.4, -0.2) is 29.4 Å². The number of hydrogen-bond acceptors (Lipinski definition) is 4. The SMILES string of the molecule is COC(=O)CNc1cc(F)ccc1-n1cccn1. The first-order valence-electron chi connectivity index (χ1n) is 5.31. The van der Waals surface area contributed by atoms with Gasteiger partial charge in [-0.2, -0.15) is 5.10 Å². The highest BCUT2D eigenvalue weighted by molar-refractivity contribution is 5.76. The second kappa shape index (κ2) is 5.31. The molecule has 0 aliphatic rings. The Hall–Kier alpha value is -2.37. The third-order valence-corrected chi connectivity index (χ3v) is 2.36. The van der Waals surface area contributed by atoms with E-state index in [-0.39, 0.29) is 6.54 Å². The van der Waals surface area contributed by atoms with Crippen molar-refractivity contribution in [2.24, 2.45) is 0 Å². The van der Waals surface area contributed by atoms with Crippen molar-refractivity contribution in [1.29, 1.82) is 0 Å². The molecule has 94 valence electrons. The molecule has 0 aliphatic carbocycles. The maximum Gasteiger partial charge on any atom is 0.325 e. The summed E-state index contributed by atoms with van der Waals surface area (Å²) in [5, 5.41) is 6.88. The van der Waals surface area contributed by atoms with E-state index in [1.165, 1.54) is 19.2 Å². The number of anilines is 1. The van der Waals surface area contributed by atoms with Gasteiger partial charge < -0.3 is 10.1 Å². The summed E-state index contributed by atoms with van der Waals surface area (Å²) in [6, 6.07) is 5.98. The van der Waals surface area contributed by atoms with Crippen LogP contribution >= 0.6 is 0 Å². The quantitative estimate of drug-likeness (QED) is 0.836. The minimum Gasteiger partial charge on any atom is -0.468 e. The van der Waals surface area contributed by atoms with Gasteiger partial charge in [0, 0.05) is 12.4 Å². The van der Waals surface area contributed by atoms with Crippen molar-refractivity contribution in [3.05, 3.63) is 42.5 Å². The molecule has 2 rings (SSSR count). The van der Waals surface area contributed by atoms with Gasteiger partial charge in [-0.05, 0) is 24.3 Å². The van der Waals surface area contributed by atoms with Crippen LogP contribution in [0.15, 0.2) is 36.7 Å². The molecule has 1 N–H and O–H groups in total. The predicted molar refractivity (Wildman–Crippen MR) is 64.0 cm³/mol. The van der Waals surface area contributed by atoms with E-state index < -0.39 is 11.8 Å². The summed E-state index contributed by atoms with van der Waals surface area (Å²) in [5.41, 5.74) is 1.13. The first-order valence-corrected chi connectivity index (χ1v) is 5.31. The van der Waals surface area contributed by atoms with Crippen molar-refractivity contribution in [3.63, 3.8) is 0 Å². The fraction of sp³-hybridized carbons (Fsp3) is 0.167. The highest BCUT2D eigenvalue weighted by atomic mass is 19.1. The Labute approximate surface area is 103 Å². The number of methoxy groups -OCH3 is 1. The zero-order valence-corrected chi connectivity index (χ0v) is 9.76. The molecule has 1 heterocycles. The van der Waals surface area contributed by atoms with E-state index in [0.717, 1.165) is 0 Å². The number of nitrogens with zero attached hydrogens (tertiary/aromatic N) is 2. The van der Waals surface area contributed by atoms with E-state index in [1.807, 2.05) is 0 Å². The number of rotatable bonds is 4. The average molecular weight is 249 g/mol. The summed E-state index contributed by atoms with van der Waals surface area (Å²) in [6.45, 7) is -0.0335. The van der Waals surface area contributed by atoms with Crippen molar-refractivity contribution >= 4 is 11.7 Å². The number of nitrogens with one attached hydrogen (secondary N) is 1. The van der Waals surface area contributed by atoms with Crippen molar-refractivity contribution in [3.8, 4) is 5.69 Å². The Kier molecular flexibility index (Phi) is 3.57. The van der Waals surface area contributed by atoms with Crippen molar-refractivity contribution < 1.29 is 13.9 Å². The Bertz CT molecular complexity index is 540. The van der Waals surface area contributed by atoms with Crippen LogP contribution < -0.4 is 5.32 Å². The lowest BCUT2D eigenvalue weighted by Crippen LogP contribution is -2.16. The number of aromatic nitrogens is 2. The zero-order chi connectivity index (χ0) is 13.0. The molecule has 0 atom stereocenters. The molecule has 2 aromatic rings. The maximum absolute atomic E-state index is 13.2. The van der Waals surface area contributed by atoms with Gasteiger partial charge in [0.25, 0.3) is 0 Å². The molecule has 0 radical (unpaired) electrons. The topological polar surface area (TPSA) is 56.1 Å². The Balaban J connectivity index is 2.27. The number of carbonyl (C=O) groups is 1. The van der Waals surface area contributed by atoms with Crippen molar-refractivity contribution in [1.82, 2.24) is 9.78 Å². The maximum atomic E-state index is 13.2. The van der Waals surface area contributed by atoms with Crippen LogP contribution in [0, 0.1) is 5.82 Å². The van der Waals surface area contributed by atoms with Crippen LogP contribution in [0.2, 0.25) is 0 Å². The number of esters is 1. The smallest absolute Gasteiger partial charge is 0.325 e. The monoisotopic (exact) mass is 249 g/mol. The molecule has 0 aliphatic heterocycles. The van der Waals surface area contributed by atoms with Gasteiger partial charge in [0.05, 0.1) is 18.5 Å². The van der Waals surface area contributed by atoms with E-state index in [9.17, 15) is 9.18 Å². The summed E-state index contributed by atoms with van der Waals surface area (Å²) < 4.78 is 19.3. The lowest BCUT2D eigenvalue weighted by atomic mass is 10.2. The van der Waals surface area contributed by atoms with Crippen molar-refractivity contribution in [2.75, 3.05) is 19.0 Å². The van der Waals surface area contributed by atoms with E-state index >= 15 is 0 Å². The molecule has 18 heavy (non-hydrogen) atoms. The molecule has 0 fully saturated rings. The number of halogens is 1. The first kappa shape index (κ1) is 12.1. The van der Waals surface area contributed by atoms with Crippen LogP contribution in [0.25, 0.3) is 5.69 Å². The molecule has 0 bridgehead atoms. The molecular weight excluding hydrogens is 237 g/mol.